The summed E-state index contributed by atoms with van der Waals surface area (Å²) in [5.41, 5.74) is 6.23. The van der Waals surface area contributed by atoms with E-state index >= 15 is 0 Å². The average Bonchev–Trinajstić information content (AvgIpc) is 3.41. The Kier molecular flexibility index (Phi) is 4.97. The van der Waals surface area contributed by atoms with Crippen molar-refractivity contribution in [3.63, 3.8) is 0 Å². The molecule has 30 heavy (non-hydrogen) atoms. The Morgan fingerprint density at radius 2 is 1.87 bits per heavy atom. The molecular weight excluding hydrogens is 396 g/mol. The number of aromatic nitrogens is 2. The topological polar surface area (TPSA) is 70.1 Å². The van der Waals surface area contributed by atoms with E-state index in [0.29, 0.717) is 22.3 Å². The molecule has 0 atom stereocenters. The van der Waals surface area contributed by atoms with Crippen molar-refractivity contribution in [2.75, 3.05) is 0 Å². The minimum atomic E-state index is -0.329. The van der Waals surface area contributed by atoms with Crippen LogP contribution in [-0.2, 0) is 0 Å². The molecule has 2 aromatic carbocycles. The lowest BCUT2D eigenvalue weighted by molar-refractivity contribution is 0.0950. The first kappa shape index (κ1) is 18.8. The first-order chi connectivity index (χ1) is 14.7. The Bertz CT molecular complexity index is 1270. The predicted molar refractivity (Wildman–Crippen MR) is 122 cm³/mol. The van der Waals surface area contributed by atoms with E-state index < -0.39 is 0 Å². The maximum atomic E-state index is 12.9. The molecule has 2 aromatic heterocycles. The van der Waals surface area contributed by atoms with Gasteiger partial charge in [0.05, 0.1) is 16.2 Å². The van der Waals surface area contributed by atoms with Crippen molar-refractivity contribution < 1.29 is 4.79 Å². The number of aromatic amines is 1. The van der Waals surface area contributed by atoms with Gasteiger partial charge in [-0.05, 0) is 37.0 Å². The van der Waals surface area contributed by atoms with Gasteiger partial charge in [-0.25, -0.2) is 10.4 Å². The van der Waals surface area contributed by atoms with Gasteiger partial charge in [0.1, 0.15) is 5.69 Å². The smallest absolute Gasteiger partial charge is 0.289 e. The maximum Gasteiger partial charge on any atom is 0.289 e. The summed E-state index contributed by atoms with van der Waals surface area (Å²) < 4.78 is 0. The van der Waals surface area contributed by atoms with Crippen LogP contribution < -0.4 is 5.43 Å². The number of halogens is 1. The third kappa shape index (κ3) is 3.46. The molecule has 5 rings (SSSR count). The second-order valence-corrected chi connectivity index (χ2v) is 8.10. The number of hydrogen-bond donors (Lipinski definition) is 2. The molecule has 0 spiro atoms. The minimum absolute atomic E-state index is 0.311. The molecule has 1 aliphatic carbocycles. The van der Waals surface area contributed by atoms with E-state index in [4.69, 9.17) is 11.6 Å². The quantitative estimate of drug-likeness (QED) is 0.319. The van der Waals surface area contributed by atoms with Crippen molar-refractivity contribution in [1.29, 1.82) is 0 Å². The van der Waals surface area contributed by atoms with Crippen molar-refractivity contribution in [1.82, 2.24) is 15.4 Å². The van der Waals surface area contributed by atoms with E-state index in [1.807, 2.05) is 60.8 Å². The van der Waals surface area contributed by atoms with Gasteiger partial charge in [-0.2, -0.15) is 5.10 Å². The zero-order chi connectivity index (χ0) is 20.5. The largest absolute Gasteiger partial charge is 0.353 e. The van der Waals surface area contributed by atoms with E-state index in [9.17, 15) is 4.79 Å². The number of para-hydroxylation sites is 1. The van der Waals surface area contributed by atoms with Crippen molar-refractivity contribution in [2.24, 2.45) is 11.0 Å². The second-order valence-electron chi connectivity index (χ2n) is 7.69. The highest BCUT2D eigenvalue weighted by atomic mass is 35.5. The summed E-state index contributed by atoms with van der Waals surface area (Å²) in [6, 6.07) is 17.3. The molecule has 2 N–H and O–H groups in total. The molecule has 0 radical (unpaired) electrons. The number of fused-ring (bicyclic) bond motifs is 3. The number of H-pyrrole nitrogens is 1. The van der Waals surface area contributed by atoms with Crippen LogP contribution >= 0.6 is 11.6 Å². The number of carbonyl (C=O) groups excluding carboxylic acids is 1. The maximum absolute atomic E-state index is 12.9. The van der Waals surface area contributed by atoms with Crippen LogP contribution in [0, 0.1) is 5.92 Å². The lowest BCUT2D eigenvalue weighted by Gasteiger charge is -2.08. The van der Waals surface area contributed by atoms with Crippen molar-refractivity contribution in [3.8, 4) is 11.3 Å². The minimum Gasteiger partial charge on any atom is -0.353 e. The number of nitrogens with one attached hydrogen (secondary N) is 2. The van der Waals surface area contributed by atoms with E-state index in [2.05, 4.69) is 20.5 Å². The number of rotatable bonds is 4. The molecule has 4 aromatic rings. The van der Waals surface area contributed by atoms with E-state index in [1.54, 1.807) is 0 Å². The van der Waals surface area contributed by atoms with Crippen LogP contribution in [0.15, 0.2) is 59.7 Å². The number of hydrogen-bond acceptors (Lipinski definition) is 3. The monoisotopic (exact) mass is 416 g/mol. The average molecular weight is 417 g/mol. The molecule has 0 saturated heterocycles. The zero-order valence-electron chi connectivity index (χ0n) is 16.4. The molecule has 1 saturated carbocycles. The third-order valence-electron chi connectivity index (χ3n) is 5.71. The summed E-state index contributed by atoms with van der Waals surface area (Å²) in [6.07, 6.45) is 6.57. The van der Waals surface area contributed by atoms with E-state index in [-0.39, 0.29) is 5.91 Å². The second kappa shape index (κ2) is 7.92. The molecule has 6 heteroatoms. The van der Waals surface area contributed by atoms with E-state index in [1.165, 1.54) is 12.8 Å². The number of carbonyl (C=O) groups is 1. The molecule has 1 aliphatic rings. The summed E-state index contributed by atoms with van der Waals surface area (Å²) >= 11 is 6.47. The summed E-state index contributed by atoms with van der Waals surface area (Å²) in [4.78, 5) is 21.0. The summed E-state index contributed by atoms with van der Waals surface area (Å²) in [6.45, 7) is 0. The normalized spacial score (nSPS) is 14.8. The molecule has 2 heterocycles. The highest BCUT2D eigenvalue weighted by Gasteiger charge is 2.18. The van der Waals surface area contributed by atoms with Crippen LogP contribution in [0.1, 0.15) is 36.2 Å². The Hall–Kier alpha value is -3.18. The standard InChI is InChI=1S/C24H21ClN4O/c25-19-11-5-3-10-17(19)22-23-18(16-9-4-6-12-20(16)27-23)13-21(28-22)24(30)29-26-14-15-7-1-2-8-15/h3-6,9-15,27H,1-2,7-8H2,(H,29,30)/b26-14+. The molecule has 5 nitrogen and oxygen atoms in total. The Labute approximate surface area is 179 Å². The summed E-state index contributed by atoms with van der Waals surface area (Å²) in [5.74, 6) is 0.123. The number of amides is 1. The van der Waals surface area contributed by atoms with Crippen molar-refractivity contribution in [2.45, 2.75) is 25.7 Å². The van der Waals surface area contributed by atoms with Gasteiger partial charge in [-0.3, -0.25) is 4.79 Å². The van der Waals surface area contributed by atoms with Gasteiger partial charge < -0.3 is 4.98 Å². The van der Waals surface area contributed by atoms with Crippen LogP contribution in [0.5, 0.6) is 0 Å². The van der Waals surface area contributed by atoms with Gasteiger partial charge in [0, 0.05) is 28.1 Å². The molecule has 0 bridgehead atoms. The SMILES string of the molecule is O=C(N/N=C/C1CCCC1)c1cc2c([nH]c3ccccc32)c(-c2ccccc2Cl)n1. The molecule has 1 fully saturated rings. The first-order valence-electron chi connectivity index (χ1n) is 10.2. The highest BCUT2D eigenvalue weighted by Crippen LogP contribution is 2.35. The van der Waals surface area contributed by atoms with Gasteiger partial charge >= 0.3 is 0 Å². The fourth-order valence-electron chi connectivity index (χ4n) is 4.18. The predicted octanol–water partition coefficient (Wildman–Crippen LogP) is 5.94. The van der Waals surface area contributed by atoms with Gasteiger partial charge in [0.15, 0.2) is 0 Å². The highest BCUT2D eigenvalue weighted by molar-refractivity contribution is 6.33. The van der Waals surface area contributed by atoms with Crippen LogP contribution in [0.3, 0.4) is 0 Å². The Morgan fingerprint density at radius 1 is 1.10 bits per heavy atom. The number of hydrazone groups is 1. The molecular formula is C24H21ClN4O. The van der Waals surface area contributed by atoms with Crippen molar-refractivity contribution >= 4 is 45.5 Å². The van der Waals surface area contributed by atoms with Crippen LogP contribution in [0.2, 0.25) is 5.02 Å². The molecule has 0 aliphatic heterocycles. The van der Waals surface area contributed by atoms with Crippen molar-refractivity contribution in [3.05, 3.63) is 65.3 Å². The van der Waals surface area contributed by atoms with Crippen LogP contribution in [0.25, 0.3) is 33.1 Å². The number of pyridine rings is 1. The van der Waals surface area contributed by atoms with Crippen LogP contribution in [0.4, 0.5) is 0 Å². The third-order valence-corrected chi connectivity index (χ3v) is 6.04. The van der Waals surface area contributed by atoms with Gasteiger partial charge in [-0.1, -0.05) is 60.8 Å². The first-order valence-corrected chi connectivity index (χ1v) is 10.6. The Morgan fingerprint density at radius 3 is 2.70 bits per heavy atom. The van der Waals surface area contributed by atoms with Gasteiger partial charge in [0.25, 0.3) is 5.91 Å². The molecule has 0 unspecified atom stereocenters. The lowest BCUT2D eigenvalue weighted by atomic mass is 10.1. The fraction of sp³-hybridized carbons (Fsp3) is 0.208. The molecule has 150 valence electrons. The van der Waals surface area contributed by atoms with E-state index in [0.717, 1.165) is 40.2 Å². The summed E-state index contributed by atoms with van der Waals surface area (Å²) in [5, 5.41) is 6.73. The lowest BCUT2D eigenvalue weighted by Crippen LogP contribution is -2.20. The number of benzene rings is 2. The van der Waals surface area contributed by atoms with Crippen LogP contribution in [-0.4, -0.2) is 22.1 Å². The molecule has 1 amide bonds. The number of nitrogens with zero attached hydrogens (tertiary/aromatic N) is 2. The van der Waals surface area contributed by atoms with Gasteiger partial charge in [-0.15, -0.1) is 0 Å². The fourth-order valence-corrected chi connectivity index (χ4v) is 4.40. The van der Waals surface area contributed by atoms with Gasteiger partial charge in [0.2, 0.25) is 0 Å². The zero-order valence-corrected chi connectivity index (χ0v) is 17.1. The Balaban J connectivity index is 1.61. The summed E-state index contributed by atoms with van der Waals surface area (Å²) in [7, 11) is 0.